The van der Waals surface area contributed by atoms with Gasteiger partial charge in [-0.3, -0.25) is 18.5 Å². The Bertz CT molecular complexity index is 1560. The smallest absolute Gasteiger partial charge is 0.490 e. The van der Waals surface area contributed by atoms with E-state index in [-0.39, 0.29) is 62.3 Å². The quantitative estimate of drug-likeness (QED) is 0.287. The van der Waals surface area contributed by atoms with E-state index < -0.39 is 23.4 Å². The minimum atomic E-state index is -4.82. The van der Waals surface area contributed by atoms with Crippen LogP contribution in [0, 0.1) is 6.92 Å². The van der Waals surface area contributed by atoms with E-state index in [2.05, 4.69) is 9.72 Å². The van der Waals surface area contributed by atoms with E-state index >= 15 is 0 Å². The number of fused-ring (bicyclic) bond motifs is 1. The molecule has 0 fully saturated rings. The molecule has 0 amide bonds. The number of hydrogen-bond donors (Lipinski definition) is 1. The number of hydrogen-bond acceptors (Lipinski definition) is 7. The summed E-state index contributed by atoms with van der Waals surface area (Å²) in [5.41, 5.74) is 1.07. The third kappa shape index (κ3) is 6.60. The molecule has 0 atom stereocenters. The molecule has 13 heteroatoms. The van der Waals surface area contributed by atoms with Crippen molar-refractivity contribution in [3.05, 3.63) is 80.5 Å². The molecule has 10 nitrogen and oxygen atoms in total. The van der Waals surface area contributed by atoms with Gasteiger partial charge in [-0.1, -0.05) is 35.9 Å². The highest BCUT2D eigenvalue weighted by molar-refractivity contribution is 5.72. The van der Waals surface area contributed by atoms with Crippen LogP contribution in [0.4, 0.5) is 13.2 Å². The first-order chi connectivity index (χ1) is 18.6. The van der Waals surface area contributed by atoms with Gasteiger partial charge in [-0.25, -0.2) is 4.79 Å². The number of nitrogens with zero attached hydrogens (tertiary/aromatic N) is 4. The molecule has 0 saturated heterocycles. The minimum Gasteiger partial charge on any atom is -0.490 e. The lowest BCUT2D eigenvalue weighted by atomic mass is 10.1. The number of alkyl halides is 3. The van der Waals surface area contributed by atoms with Gasteiger partial charge >= 0.3 is 12.1 Å². The summed E-state index contributed by atoms with van der Waals surface area (Å²) < 4.78 is 56.6. The SMILES string of the molecule is Cc1ccc(Cn2c(OCCOc3cccc(OC(F)(F)F)c3)nc3c2c(=O)n(CCCO)c(=O)n3C)cc1. The Labute approximate surface area is 220 Å². The molecule has 0 spiro atoms. The van der Waals surface area contributed by atoms with Gasteiger partial charge < -0.3 is 19.3 Å². The molecule has 0 aliphatic heterocycles. The van der Waals surface area contributed by atoms with Gasteiger partial charge in [-0.05, 0) is 31.0 Å². The van der Waals surface area contributed by atoms with Crippen LogP contribution in [0.1, 0.15) is 17.5 Å². The van der Waals surface area contributed by atoms with E-state index in [0.717, 1.165) is 27.8 Å². The second kappa shape index (κ2) is 11.6. The second-order valence-electron chi connectivity index (χ2n) is 8.73. The zero-order valence-corrected chi connectivity index (χ0v) is 21.3. The maximum absolute atomic E-state index is 13.4. The number of aryl methyl sites for hydroxylation is 2. The topological polar surface area (TPSA) is 110 Å². The van der Waals surface area contributed by atoms with Crippen LogP contribution in [0.3, 0.4) is 0 Å². The van der Waals surface area contributed by atoms with Crippen molar-refractivity contribution in [1.29, 1.82) is 0 Å². The summed E-state index contributed by atoms with van der Waals surface area (Å²) in [6, 6.07) is 12.8. The van der Waals surface area contributed by atoms with Crippen LogP contribution >= 0.6 is 0 Å². The molecule has 0 aliphatic rings. The second-order valence-corrected chi connectivity index (χ2v) is 8.73. The molecule has 1 N–H and O–H groups in total. The zero-order chi connectivity index (χ0) is 28.2. The van der Waals surface area contributed by atoms with Gasteiger partial charge in [0.2, 0.25) is 0 Å². The molecule has 0 radical (unpaired) electrons. The van der Waals surface area contributed by atoms with Gasteiger partial charge in [0, 0.05) is 26.3 Å². The van der Waals surface area contributed by atoms with Gasteiger partial charge in [0.05, 0.1) is 6.54 Å². The number of benzene rings is 2. The summed E-state index contributed by atoms with van der Waals surface area (Å²) in [4.78, 5) is 30.6. The van der Waals surface area contributed by atoms with Crippen molar-refractivity contribution in [1.82, 2.24) is 18.7 Å². The normalized spacial score (nSPS) is 11.6. The summed E-state index contributed by atoms with van der Waals surface area (Å²) in [5, 5.41) is 9.21. The molecule has 2 aromatic heterocycles. The molecule has 4 rings (SSSR count). The van der Waals surface area contributed by atoms with Crippen LogP contribution in [-0.4, -0.2) is 50.0 Å². The molecule has 39 heavy (non-hydrogen) atoms. The van der Waals surface area contributed by atoms with Crippen LogP contribution < -0.4 is 25.5 Å². The Balaban J connectivity index is 1.61. The fourth-order valence-corrected chi connectivity index (χ4v) is 3.96. The average Bonchev–Trinajstić information content (AvgIpc) is 3.24. The van der Waals surface area contributed by atoms with Gasteiger partial charge in [-0.2, -0.15) is 4.98 Å². The lowest BCUT2D eigenvalue weighted by Crippen LogP contribution is -2.39. The third-order valence-electron chi connectivity index (χ3n) is 5.82. The number of aliphatic hydroxyl groups is 1. The predicted molar refractivity (Wildman–Crippen MR) is 135 cm³/mol. The van der Waals surface area contributed by atoms with Crippen LogP contribution in [0.2, 0.25) is 0 Å². The highest BCUT2D eigenvalue weighted by Crippen LogP contribution is 2.26. The first-order valence-electron chi connectivity index (χ1n) is 12.1. The van der Waals surface area contributed by atoms with E-state index in [1.165, 1.54) is 23.7 Å². The zero-order valence-electron chi connectivity index (χ0n) is 21.3. The number of ether oxygens (including phenoxy) is 3. The number of imidazole rings is 1. The minimum absolute atomic E-state index is 0.0365. The van der Waals surface area contributed by atoms with Crippen molar-refractivity contribution in [2.24, 2.45) is 7.05 Å². The maximum Gasteiger partial charge on any atom is 0.573 e. The van der Waals surface area contributed by atoms with Crippen molar-refractivity contribution < 1.29 is 32.5 Å². The molecule has 0 unspecified atom stereocenters. The van der Waals surface area contributed by atoms with Gasteiger partial charge in [-0.15, -0.1) is 13.2 Å². The Morgan fingerprint density at radius 3 is 2.36 bits per heavy atom. The van der Waals surface area contributed by atoms with Crippen molar-refractivity contribution in [2.45, 2.75) is 32.8 Å². The molecular formula is C26H27F3N4O6. The molecule has 2 aromatic carbocycles. The molecule has 0 aliphatic carbocycles. The van der Waals surface area contributed by atoms with Gasteiger partial charge in [0.25, 0.3) is 11.6 Å². The number of aliphatic hydroxyl groups excluding tert-OH is 1. The molecule has 2 heterocycles. The van der Waals surface area contributed by atoms with Crippen LogP contribution in [0.25, 0.3) is 11.2 Å². The van der Waals surface area contributed by atoms with Crippen molar-refractivity contribution in [3.8, 4) is 17.5 Å². The Morgan fingerprint density at radius 1 is 0.974 bits per heavy atom. The average molecular weight is 549 g/mol. The standard InChI is InChI=1S/C26H27F3N4O6/c1-17-7-9-18(10-8-17)16-33-21-22(31(2)25(36)32(23(21)35)11-4-12-34)30-24(33)38-14-13-37-19-5-3-6-20(15-19)39-26(27,28)29/h3,5-10,15,34H,4,11-14,16H2,1-2H3. The van der Waals surface area contributed by atoms with E-state index in [9.17, 15) is 27.9 Å². The molecule has 4 aromatic rings. The van der Waals surface area contributed by atoms with Gasteiger partial charge in [0.15, 0.2) is 11.2 Å². The van der Waals surface area contributed by atoms with Crippen LogP contribution in [0.5, 0.6) is 17.5 Å². The van der Waals surface area contributed by atoms with Crippen molar-refractivity contribution >= 4 is 11.2 Å². The van der Waals surface area contributed by atoms with Gasteiger partial charge in [0.1, 0.15) is 24.7 Å². The first-order valence-corrected chi connectivity index (χ1v) is 12.1. The highest BCUT2D eigenvalue weighted by atomic mass is 19.4. The Kier molecular flexibility index (Phi) is 8.29. The largest absolute Gasteiger partial charge is 0.573 e. The summed E-state index contributed by atoms with van der Waals surface area (Å²) >= 11 is 0. The van der Waals surface area contributed by atoms with E-state index in [4.69, 9.17) is 9.47 Å². The summed E-state index contributed by atoms with van der Waals surface area (Å²) in [6.07, 6.45) is -4.60. The van der Waals surface area contributed by atoms with Crippen LogP contribution in [-0.2, 0) is 20.1 Å². The number of rotatable bonds is 11. The van der Waals surface area contributed by atoms with E-state index in [1.807, 2.05) is 31.2 Å². The van der Waals surface area contributed by atoms with E-state index in [1.54, 1.807) is 4.57 Å². The lowest BCUT2D eigenvalue weighted by molar-refractivity contribution is -0.274. The Hall–Kier alpha value is -4.26. The lowest BCUT2D eigenvalue weighted by Gasteiger charge is -2.13. The fraction of sp³-hybridized carbons (Fsp3) is 0.346. The van der Waals surface area contributed by atoms with Crippen molar-refractivity contribution in [2.75, 3.05) is 19.8 Å². The highest BCUT2D eigenvalue weighted by Gasteiger charge is 2.31. The molecule has 208 valence electrons. The summed E-state index contributed by atoms with van der Waals surface area (Å²) in [6.45, 7) is 1.91. The molecule has 0 bridgehead atoms. The summed E-state index contributed by atoms with van der Waals surface area (Å²) in [5.74, 6) is -0.276. The predicted octanol–water partition coefficient (Wildman–Crippen LogP) is 2.99. The number of halogens is 3. The first kappa shape index (κ1) is 27.8. The third-order valence-corrected chi connectivity index (χ3v) is 5.82. The fourth-order valence-electron chi connectivity index (χ4n) is 3.96. The monoisotopic (exact) mass is 548 g/mol. The maximum atomic E-state index is 13.4. The Morgan fingerprint density at radius 2 is 1.67 bits per heavy atom. The number of aromatic nitrogens is 4. The van der Waals surface area contributed by atoms with Crippen LogP contribution in [0.15, 0.2) is 58.1 Å². The summed E-state index contributed by atoms with van der Waals surface area (Å²) in [7, 11) is 1.49. The molecule has 0 saturated carbocycles. The van der Waals surface area contributed by atoms with E-state index in [0.29, 0.717) is 0 Å². The van der Waals surface area contributed by atoms with Crippen molar-refractivity contribution in [3.63, 3.8) is 0 Å². The molecular weight excluding hydrogens is 521 g/mol.